The van der Waals surface area contributed by atoms with Gasteiger partial charge in [-0.3, -0.25) is 14.6 Å². The lowest BCUT2D eigenvalue weighted by atomic mass is 10.0. The monoisotopic (exact) mass is 601 g/mol. The average molecular weight is 602 g/mol. The Balaban J connectivity index is 1.59. The second-order valence-electron chi connectivity index (χ2n) is 9.92. The molecule has 43 heavy (non-hydrogen) atoms. The van der Waals surface area contributed by atoms with Crippen molar-refractivity contribution in [2.75, 3.05) is 0 Å². The molecule has 0 aliphatic heterocycles. The number of rotatable bonds is 13. The molecule has 4 aromatic rings. The molecule has 0 aliphatic carbocycles. The summed E-state index contributed by atoms with van der Waals surface area (Å²) in [6.07, 6.45) is 4.51. The summed E-state index contributed by atoms with van der Waals surface area (Å²) in [7, 11) is -4.79. The highest BCUT2D eigenvalue weighted by atomic mass is 32.2. The lowest BCUT2D eigenvalue weighted by Crippen LogP contribution is -2.50. The van der Waals surface area contributed by atoms with E-state index in [9.17, 15) is 18.0 Å². The van der Waals surface area contributed by atoms with Crippen LogP contribution in [0.1, 0.15) is 33.5 Å². The van der Waals surface area contributed by atoms with Crippen LogP contribution in [0.5, 0.6) is 5.75 Å². The van der Waals surface area contributed by atoms with Crippen LogP contribution in [0.25, 0.3) is 0 Å². The smallest absolute Gasteiger partial charge is 0.366 e. The van der Waals surface area contributed by atoms with Crippen molar-refractivity contribution < 1.29 is 26.6 Å². The van der Waals surface area contributed by atoms with Gasteiger partial charge in [-0.15, -0.1) is 0 Å². The fraction of sp³-hybridized carbons (Fsp3) is 0.182. The molecule has 2 amide bonds. The summed E-state index contributed by atoms with van der Waals surface area (Å²) in [5.74, 6) is -1.14. The van der Waals surface area contributed by atoms with E-state index < -0.39 is 39.2 Å². The highest BCUT2D eigenvalue weighted by Crippen LogP contribution is 2.19. The van der Waals surface area contributed by atoms with E-state index in [-0.39, 0.29) is 18.6 Å². The van der Waals surface area contributed by atoms with Gasteiger partial charge in [-0.1, -0.05) is 78.4 Å². The number of carbonyl (C=O) groups is 2. The quantitative estimate of drug-likeness (QED) is 0.207. The van der Waals surface area contributed by atoms with E-state index in [1.165, 1.54) is 36.7 Å². The van der Waals surface area contributed by atoms with Crippen molar-refractivity contribution in [3.63, 3.8) is 0 Å². The Bertz CT molecular complexity index is 1650. The number of halogens is 1. The predicted molar refractivity (Wildman–Crippen MR) is 162 cm³/mol. The van der Waals surface area contributed by atoms with Gasteiger partial charge in [-0.05, 0) is 61.2 Å². The zero-order chi connectivity index (χ0) is 30.7. The van der Waals surface area contributed by atoms with Crippen LogP contribution in [0, 0.1) is 6.92 Å². The number of nitrogens with zero attached hydrogens (tertiary/aromatic N) is 1. The third-order valence-electron chi connectivity index (χ3n) is 6.52. The zero-order valence-corrected chi connectivity index (χ0v) is 24.3. The maximum absolute atomic E-state index is 15.2. The van der Waals surface area contributed by atoms with Crippen LogP contribution in [0.15, 0.2) is 121 Å². The molecular formula is C33H32FN3O5S. The number of hydrogen-bond acceptors (Lipinski definition) is 6. The fourth-order valence-corrected chi connectivity index (χ4v) is 5.14. The second-order valence-corrected chi connectivity index (χ2v) is 11.4. The van der Waals surface area contributed by atoms with E-state index in [0.29, 0.717) is 12.0 Å². The van der Waals surface area contributed by atoms with Crippen molar-refractivity contribution in [1.29, 1.82) is 0 Å². The van der Waals surface area contributed by atoms with Crippen LogP contribution < -0.4 is 14.8 Å². The Hall–Kier alpha value is -4.83. The van der Waals surface area contributed by atoms with Gasteiger partial charge >= 0.3 is 10.1 Å². The van der Waals surface area contributed by atoms with Gasteiger partial charge in [0.15, 0.2) is 0 Å². The van der Waals surface area contributed by atoms with Crippen molar-refractivity contribution in [3.8, 4) is 5.75 Å². The van der Waals surface area contributed by atoms with E-state index in [1.807, 2.05) is 61.5 Å². The summed E-state index contributed by atoms with van der Waals surface area (Å²) >= 11 is 0. The maximum Gasteiger partial charge on any atom is 0.366 e. The number of carbonyl (C=O) groups excluding carboxylic acids is 2. The standard InChI is InChI=1S/C33H32FN3O5S/c1-24-9-8-12-26(21-24)22-30(37-32(38)27-17-19-35-20-18-27)33(39)36-28(16-15-25-10-4-2-5-11-25)23-31(34)43(40,41)42-29-13-6-3-7-14-29/h2-14,17-21,23,28,30H,15-16,22H2,1H3,(H,36,39)(H,37,38)/b31-23+/t28-,30-/m0/s1. The number of benzene rings is 3. The zero-order valence-electron chi connectivity index (χ0n) is 23.5. The van der Waals surface area contributed by atoms with Crippen LogP contribution in [-0.4, -0.2) is 37.3 Å². The fourth-order valence-electron chi connectivity index (χ4n) is 4.36. The molecule has 0 spiro atoms. The molecule has 0 unspecified atom stereocenters. The summed E-state index contributed by atoms with van der Waals surface area (Å²) in [4.78, 5) is 30.6. The first-order valence-electron chi connectivity index (χ1n) is 13.7. The minimum absolute atomic E-state index is 0.0482. The average Bonchev–Trinajstić information content (AvgIpc) is 3.00. The van der Waals surface area contributed by atoms with Gasteiger partial charge in [0.1, 0.15) is 11.8 Å². The molecule has 0 bridgehead atoms. The van der Waals surface area contributed by atoms with E-state index in [0.717, 1.165) is 22.8 Å². The minimum Gasteiger partial charge on any atom is -0.377 e. The molecule has 2 N–H and O–H groups in total. The van der Waals surface area contributed by atoms with E-state index in [2.05, 4.69) is 15.6 Å². The van der Waals surface area contributed by atoms with E-state index in [1.54, 1.807) is 18.2 Å². The van der Waals surface area contributed by atoms with Crippen LogP contribution in [0.3, 0.4) is 0 Å². The summed E-state index contributed by atoms with van der Waals surface area (Å²) in [6, 6.07) is 25.3. The number of aromatic nitrogens is 1. The third kappa shape index (κ3) is 9.61. The Morgan fingerprint density at radius 1 is 0.884 bits per heavy atom. The van der Waals surface area contributed by atoms with E-state index in [4.69, 9.17) is 4.18 Å². The van der Waals surface area contributed by atoms with Crippen LogP contribution in [0.4, 0.5) is 4.39 Å². The number of aryl methyl sites for hydroxylation is 2. The lowest BCUT2D eigenvalue weighted by molar-refractivity contribution is -0.123. The molecule has 8 nitrogen and oxygen atoms in total. The first-order valence-corrected chi connectivity index (χ1v) is 15.1. The van der Waals surface area contributed by atoms with Gasteiger partial charge < -0.3 is 14.8 Å². The molecule has 0 fully saturated rings. The van der Waals surface area contributed by atoms with Crippen LogP contribution in [-0.2, 0) is 27.8 Å². The molecule has 0 saturated carbocycles. The van der Waals surface area contributed by atoms with Gasteiger partial charge in [0.05, 0.1) is 6.04 Å². The van der Waals surface area contributed by atoms with Gasteiger partial charge in [-0.25, -0.2) is 0 Å². The number of pyridine rings is 1. The summed E-state index contributed by atoms with van der Waals surface area (Å²) in [5, 5.41) is 3.97. The minimum atomic E-state index is -4.79. The predicted octanol–water partition coefficient (Wildman–Crippen LogP) is 5.07. The molecule has 3 aromatic carbocycles. The molecule has 0 aliphatic rings. The second kappa shape index (κ2) is 14.9. The molecule has 1 heterocycles. The normalized spacial score (nSPS) is 13.0. The highest BCUT2D eigenvalue weighted by Gasteiger charge is 2.27. The van der Waals surface area contributed by atoms with Crippen molar-refractivity contribution >= 4 is 21.9 Å². The highest BCUT2D eigenvalue weighted by molar-refractivity contribution is 7.90. The number of nitrogens with one attached hydrogen (secondary N) is 2. The molecule has 0 radical (unpaired) electrons. The van der Waals surface area contributed by atoms with Gasteiger partial charge in [0, 0.05) is 24.4 Å². The van der Waals surface area contributed by atoms with Crippen molar-refractivity contribution in [2.24, 2.45) is 0 Å². The molecule has 2 atom stereocenters. The van der Waals surface area contributed by atoms with Gasteiger partial charge in [0.25, 0.3) is 11.1 Å². The molecule has 4 rings (SSSR count). The third-order valence-corrected chi connectivity index (χ3v) is 7.55. The largest absolute Gasteiger partial charge is 0.377 e. The number of hydrogen-bond donors (Lipinski definition) is 2. The maximum atomic E-state index is 15.2. The molecular weight excluding hydrogens is 569 g/mol. The van der Waals surface area contributed by atoms with Crippen LogP contribution in [0.2, 0.25) is 0 Å². The van der Waals surface area contributed by atoms with E-state index >= 15 is 4.39 Å². The first kappa shape index (κ1) is 31.1. The Morgan fingerprint density at radius 3 is 2.21 bits per heavy atom. The Morgan fingerprint density at radius 2 is 1.53 bits per heavy atom. The van der Waals surface area contributed by atoms with Crippen LogP contribution >= 0.6 is 0 Å². The number of para-hydroxylation sites is 1. The Kier molecular flexibility index (Phi) is 10.8. The molecule has 222 valence electrons. The summed E-state index contributed by atoms with van der Waals surface area (Å²) in [6.45, 7) is 1.92. The molecule has 0 saturated heterocycles. The van der Waals surface area contributed by atoms with Crippen molar-refractivity contribution in [1.82, 2.24) is 15.6 Å². The number of amides is 2. The molecule has 10 heteroatoms. The van der Waals surface area contributed by atoms with Crippen molar-refractivity contribution in [2.45, 2.75) is 38.3 Å². The summed E-state index contributed by atoms with van der Waals surface area (Å²) in [5.41, 5.74) is 3.01. The SMILES string of the molecule is Cc1cccc(C[C@H](NC(=O)c2ccncc2)C(=O)N[C@H](/C=C(\F)S(=O)(=O)Oc2ccccc2)CCc2ccccc2)c1. The lowest BCUT2D eigenvalue weighted by Gasteiger charge is -2.22. The Labute approximate surface area is 250 Å². The van der Waals surface area contributed by atoms with Crippen molar-refractivity contribution in [3.05, 3.63) is 143 Å². The first-order chi connectivity index (χ1) is 20.7. The van der Waals surface area contributed by atoms with Gasteiger partial charge in [0.2, 0.25) is 5.91 Å². The molecule has 1 aromatic heterocycles. The van der Waals surface area contributed by atoms with Gasteiger partial charge in [-0.2, -0.15) is 12.8 Å². The summed E-state index contributed by atoms with van der Waals surface area (Å²) < 4.78 is 45.5. The topological polar surface area (TPSA) is 114 Å².